The Morgan fingerprint density at radius 2 is 1.79 bits per heavy atom. The first-order valence-electron chi connectivity index (χ1n) is 4.36. The van der Waals surface area contributed by atoms with Gasteiger partial charge in [-0.1, -0.05) is 18.2 Å². The van der Waals surface area contributed by atoms with E-state index in [-0.39, 0.29) is 5.56 Å². The molecular formula is C11H13FO2. The predicted octanol–water partition coefficient (Wildman–Crippen LogP) is 2.57. The van der Waals surface area contributed by atoms with Crippen LogP contribution in [0.15, 0.2) is 18.2 Å². The van der Waals surface area contributed by atoms with Crippen LogP contribution < -0.4 is 0 Å². The van der Waals surface area contributed by atoms with Gasteiger partial charge in [0.1, 0.15) is 0 Å². The predicted molar refractivity (Wildman–Crippen MR) is 52.0 cm³/mol. The fourth-order valence-electron chi connectivity index (χ4n) is 1.66. The molecule has 0 saturated heterocycles. The van der Waals surface area contributed by atoms with Crippen molar-refractivity contribution in [2.75, 3.05) is 0 Å². The molecule has 1 aromatic rings. The number of aliphatic carboxylic acids is 1. The molecule has 0 saturated carbocycles. The summed E-state index contributed by atoms with van der Waals surface area (Å²) in [5, 5.41) is 8.77. The molecule has 0 aliphatic heterocycles. The Kier molecular flexibility index (Phi) is 2.60. The van der Waals surface area contributed by atoms with Crippen molar-refractivity contribution in [3.8, 4) is 0 Å². The van der Waals surface area contributed by atoms with E-state index in [1.165, 1.54) is 0 Å². The summed E-state index contributed by atoms with van der Waals surface area (Å²) in [6.45, 7) is 4.50. The summed E-state index contributed by atoms with van der Waals surface area (Å²) in [7, 11) is 0. The van der Waals surface area contributed by atoms with Gasteiger partial charge in [0.2, 0.25) is 5.67 Å². The van der Waals surface area contributed by atoms with Gasteiger partial charge in [-0.15, -0.1) is 0 Å². The van der Waals surface area contributed by atoms with Crippen LogP contribution >= 0.6 is 0 Å². The van der Waals surface area contributed by atoms with Crippen LogP contribution in [0.5, 0.6) is 0 Å². The molecule has 1 atom stereocenters. The van der Waals surface area contributed by atoms with Gasteiger partial charge in [0, 0.05) is 5.56 Å². The van der Waals surface area contributed by atoms with Gasteiger partial charge in [-0.2, -0.15) is 0 Å². The minimum absolute atomic E-state index is 0.257. The maximum Gasteiger partial charge on any atom is 0.345 e. The molecule has 0 radical (unpaired) electrons. The number of carbonyl (C=O) groups is 1. The number of alkyl halides is 1. The van der Waals surface area contributed by atoms with Crippen LogP contribution in [0.4, 0.5) is 4.39 Å². The molecule has 0 heterocycles. The third kappa shape index (κ3) is 1.62. The van der Waals surface area contributed by atoms with Crippen LogP contribution in [0.1, 0.15) is 23.6 Å². The number of carboxylic acids is 1. The van der Waals surface area contributed by atoms with Crippen molar-refractivity contribution in [3.63, 3.8) is 0 Å². The zero-order valence-corrected chi connectivity index (χ0v) is 8.47. The van der Waals surface area contributed by atoms with Crippen molar-refractivity contribution >= 4 is 5.97 Å². The number of carboxylic acid groups (broad SMARTS) is 1. The zero-order valence-electron chi connectivity index (χ0n) is 8.47. The molecule has 0 aliphatic rings. The number of aryl methyl sites for hydroxylation is 2. The Labute approximate surface area is 82.4 Å². The summed E-state index contributed by atoms with van der Waals surface area (Å²) >= 11 is 0. The second-order valence-corrected chi connectivity index (χ2v) is 3.57. The SMILES string of the molecule is Cc1cccc(C)c1C(C)(F)C(=O)O. The summed E-state index contributed by atoms with van der Waals surface area (Å²) in [5.74, 6) is -1.45. The van der Waals surface area contributed by atoms with Crippen LogP contribution in [0.2, 0.25) is 0 Å². The lowest BCUT2D eigenvalue weighted by Gasteiger charge is -2.20. The van der Waals surface area contributed by atoms with E-state index in [1.807, 2.05) is 0 Å². The Hall–Kier alpha value is -1.38. The molecule has 76 valence electrons. The van der Waals surface area contributed by atoms with E-state index in [0.29, 0.717) is 11.1 Å². The van der Waals surface area contributed by atoms with Gasteiger partial charge < -0.3 is 5.11 Å². The lowest BCUT2D eigenvalue weighted by atomic mass is 9.90. The molecule has 0 aromatic heterocycles. The van der Waals surface area contributed by atoms with Gasteiger partial charge in [0.25, 0.3) is 0 Å². The minimum atomic E-state index is -2.31. The number of hydrogen-bond donors (Lipinski definition) is 1. The molecule has 2 nitrogen and oxygen atoms in total. The van der Waals surface area contributed by atoms with Crippen molar-refractivity contribution in [2.45, 2.75) is 26.4 Å². The van der Waals surface area contributed by atoms with Crippen LogP contribution in [0.3, 0.4) is 0 Å². The van der Waals surface area contributed by atoms with Gasteiger partial charge in [0.15, 0.2) is 0 Å². The number of halogens is 1. The van der Waals surface area contributed by atoms with E-state index in [9.17, 15) is 9.18 Å². The minimum Gasteiger partial charge on any atom is -0.479 e. The highest BCUT2D eigenvalue weighted by atomic mass is 19.1. The first kappa shape index (κ1) is 10.7. The number of hydrogen-bond acceptors (Lipinski definition) is 1. The third-order valence-electron chi connectivity index (χ3n) is 2.35. The largest absolute Gasteiger partial charge is 0.479 e. The fourth-order valence-corrected chi connectivity index (χ4v) is 1.66. The van der Waals surface area contributed by atoms with Crippen molar-refractivity contribution in [2.24, 2.45) is 0 Å². The fraction of sp³-hybridized carbons (Fsp3) is 0.364. The quantitative estimate of drug-likeness (QED) is 0.789. The highest BCUT2D eigenvalue weighted by Gasteiger charge is 2.37. The maximum atomic E-state index is 13.9. The van der Waals surface area contributed by atoms with Crippen molar-refractivity contribution in [3.05, 3.63) is 34.9 Å². The van der Waals surface area contributed by atoms with E-state index in [1.54, 1.807) is 32.0 Å². The summed E-state index contributed by atoms with van der Waals surface area (Å²) in [4.78, 5) is 10.8. The third-order valence-corrected chi connectivity index (χ3v) is 2.35. The van der Waals surface area contributed by atoms with Crippen molar-refractivity contribution in [1.29, 1.82) is 0 Å². The van der Waals surface area contributed by atoms with E-state index >= 15 is 0 Å². The van der Waals surface area contributed by atoms with Gasteiger partial charge in [-0.05, 0) is 31.9 Å². The Morgan fingerprint density at radius 3 is 2.14 bits per heavy atom. The Bertz CT molecular complexity index is 349. The molecule has 3 heteroatoms. The molecule has 0 bridgehead atoms. The van der Waals surface area contributed by atoms with E-state index < -0.39 is 11.6 Å². The summed E-state index contributed by atoms with van der Waals surface area (Å²) in [5.41, 5.74) is -0.725. The molecule has 1 N–H and O–H groups in total. The van der Waals surface area contributed by atoms with Gasteiger partial charge in [0.05, 0.1) is 0 Å². The topological polar surface area (TPSA) is 37.3 Å². The summed E-state index contributed by atoms with van der Waals surface area (Å²) in [6.07, 6.45) is 0. The Balaban J connectivity index is 3.38. The Morgan fingerprint density at radius 1 is 1.36 bits per heavy atom. The first-order valence-corrected chi connectivity index (χ1v) is 4.36. The molecule has 0 fully saturated rings. The molecular weight excluding hydrogens is 183 g/mol. The van der Waals surface area contributed by atoms with E-state index in [0.717, 1.165) is 6.92 Å². The van der Waals surface area contributed by atoms with Crippen molar-refractivity contribution in [1.82, 2.24) is 0 Å². The average Bonchev–Trinajstić information content (AvgIpc) is 2.02. The van der Waals surface area contributed by atoms with Crippen LogP contribution in [-0.2, 0) is 10.5 Å². The first-order chi connectivity index (χ1) is 6.37. The summed E-state index contributed by atoms with van der Waals surface area (Å²) in [6, 6.07) is 5.21. The van der Waals surface area contributed by atoms with Crippen LogP contribution in [0.25, 0.3) is 0 Å². The highest BCUT2D eigenvalue weighted by Crippen LogP contribution is 2.31. The molecule has 0 aliphatic carbocycles. The molecule has 1 rings (SSSR count). The zero-order chi connectivity index (χ0) is 10.9. The monoisotopic (exact) mass is 196 g/mol. The highest BCUT2D eigenvalue weighted by molar-refractivity contribution is 5.79. The lowest BCUT2D eigenvalue weighted by Crippen LogP contribution is -2.28. The van der Waals surface area contributed by atoms with Gasteiger partial charge >= 0.3 is 5.97 Å². The van der Waals surface area contributed by atoms with E-state index in [2.05, 4.69) is 0 Å². The average molecular weight is 196 g/mol. The van der Waals surface area contributed by atoms with Crippen molar-refractivity contribution < 1.29 is 14.3 Å². The normalized spacial score (nSPS) is 14.9. The molecule has 1 aromatic carbocycles. The lowest BCUT2D eigenvalue weighted by molar-refractivity contribution is -0.150. The van der Waals surface area contributed by atoms with Crippen LogP contribution in [0, 0.1) is 13.8 Å². The molecule has 1 unspecified atom stereocenters. The number of rotatable bonds is 2. The van der Waals surface area contributed by atoms with Gasteiger partial charge in [-0.3, -0.25) is 0 Å². The second kappa shape index (κ2) is 3.40. The smallest absolute Gasteiger partial charge is 0.345 e. The van der Waals surface area contributed by atoms with Crippen LogP contribution in [-0.4, -0.2) is 11.1 Å². The summed E-state index contributed by atoms with van der Waals surface area (Å²) < 4.78 is 13.9. The molecule has 14 heavy (non-hydrogen) atoms. The van der Waals surface area contributed by atoms with Gasteiger partial charge in [-0.25, -0.2) is 9.18 Å². The molecule has 0 amide bonds. The second-order valence-electron chi connectivity index (χ2n) is 3.57. The maximum absolute atomic E-state index is 13.9. The van der Waals surface area contributed by atoms with E-state index in [4.69, 9.17) is 5.11 Å². The number of benzene rings is 1. The standard InChI is InChI=1S/C11H13FO2/c1-7-5-4-6-8(2)9(7)11(3,12)10(13)14/h4-6H,1-3H3,(H,13,14). The molecule has 0 spiro atoms.